The third kappa shape index (κ3) is 2.80. The molecule has 118 valence electrons. The zero-order chi connectivity index (χ0) is 15.8. The molecule has 4 nitrogen and oxygen atoms in total. The Bertz CT molecular complexity index is 782. The van der Waals surface area contributed by atoms with Crippen molar-refractivity contribution < 1.29 is 13.5 Å². The topological polar surface area (TPSA) is 38.5 Å². The zero-order valence-corrected chi connectivity index (χ0v) is 12.8. The van der Waals surface area contributed by atoms with Crippen LogP contribution in [0.2, 0.25) is 0 Å². The van der Waals surface area contributed by atoms with E-state index in [0.29, 0.717) is 19.1 Å². The average Bonchev–Trinajstić information content (AvgIpc) is 2.99. The maximum absolute atomic E-state index is 13.1. The Morgan fingerprint density at radius 3 is 2.65 bits per heavy atom. The molecule has 1 aliphatic heterocycles. The molecule has 0 aliphatic carbocycles. The molecule has 2 heterocycles. The number of fused-ring (bicyclic) bond motifs is 1. The first-order valence-corrected chi connectivity index (χ1v) is 7.70. The van der Waals surface area contributed by atoms with Gasteiger partial charge in [-0.1, -0.05) is 24.3 Å². The van der Waals surface area contributed by atoms with Crippen molar-refractivity contribution in [3.8, 4) is 0 Å². The van der Waals surface area contributed by atoms with Crippen LogP contribution >= 0.6 is 0 Å². The molecular formula is C18H17FN2O2. The third-order valence-corrected chi connectivity index (χ3v) is 4.06. The molecule has 5 heteroatoms. The first-order chi connectivity index (χ1) is 11.2. The summed E-state index contributed by atoms with van der Waals surface area (Å²) in [5.74, 6) is -0.242. The lowest BCUT2D eigenvalue weighted by Gasteiger charge is -2.36. The van der Waals surface area contributed by atoms with Gasteiger partial charge in [0.05, 0.1) is 12.6 Å². The molecule has 0 amide bonds. The van der Waals surface area contributed by atoms with E-state index < -0.39 is 0 Å². The van der Waals surface area contributed by atoms with Crippen LogP contribution in [0.15, 0.2) is 52.9 Å². The van der Waals surface area contributed by atoms with Gasteiger partial charge in [0, 0.05) is 6.54 Å². The first-order valence-electron chi connectivity index (χ1n) is 7.70. The van der Waals surface area contributed by atoms with E-state index in [1.54, 1.807) is 12.1 Å². The van der Waals surface area contributed by atoms with E-state index in [9.17, 15) is 4.39 Å². The molecule has 0 N–H and O–H groups in total. The number of aromatic nitrogens is 1. The second-order valence-corrected chi connectivity index (χ2v) is 5.86. The van der Waals surface area contributed by atoms with Crippen LogP contribution < -0.4 is 4.90 Å². The predicted molar refractivity (Wildman–Crippen MR) is 85.9 cm³/mol. The number of benzene rings is 2. The highest BCUT2D eigenvalue weighted by Gasteiger charge is 2.29. The quantitative estimate of drug-likeness (QED) is 0.718. The van der Waals surface area contributed by atoms with E-state index >= 15 is 0 Å². The Kier molecular flexibility index (Phi) is 3.50. The number of ether oxygens (including phenoxy) is 1. The van der Waals surface area contributed by atoms with Gasteiger partial charge >= 0.3 is 0 Å². The molecule has 23 heavy (non-hydrogen) atoms. The summed E-state index contributed by atoms with van der Waals surface area (Å²) in [5.41, 5.74) is 2.58. The van der Waals surface area contributed by atoms with Crippen LogP contribution in [0.1, 0.15) is 18.6 Å². The van der Waals surface area contributed by atoms with Gasteiger partial charge in [-0.3, -0.25) is 0 Å². The van der Waals surface area contributed by atoms with Crippen LogP contribution in [0.3, 0.4) is 0 Å². The molecule has 1 fully saturated rings. The Balaban J connectivity index is 1.62. The van der Waals surface area contributed by atoms with Gasteiger partial charge in [-0.25, -0.2) is 4.39 Å². The lowest BCUT2D eigenvalue weighted by Crippen LogP contribution is -2.43. The van der Waals surface area contributed by atoms with Crippen molar-refractivity contribution in [2.24, 2.45) is 0 Å². The fourth-order valence-corrected chi connectivity index (χ4v) is 2.96. The Morgan fingerprint density at radius 1 is 1.09 bits per heavy atom. The zero-order valence-electron chi connectivity index (χ0n) is 12.8. The van der Waals surface area contributed by atoms with E-state index in [2.05, 4.69) is 9.88 Å². The smallest absolute Gasteiger partial charge is 0.298 e. The molecule has 1 aromatic heterocycles. The fraction of sp³-hybridized carbons (Fsp3) is 0.278. The maximum atomic E-state index is 13.1. The predicted octanol–water partition coefficient (Wildman–Crippen LogP) is 3.93. The molecular weight excluding hydrogens is 295 g/mol. The first kappa shape index (κ1) is 14.2. The van der Waals surface area contributed by atoms with E-state index in [4.69, 9.17) is 9.15 Å². The number of para-hydroxylation sites is 2. The minimum atomic E-state index is -0.242. The lowest BCUT2D eigenvalue weighted by atomic mass is 10.1. The summed E-state index contributed by atoms with van der Waals surface area (Å²) < 4.78 is 25.0. The van der Waals surface area contributed by atoms with Crippen molar-refractivity contribution in [1.82, 2.24) is 4.98 Å². The van der Waals surface area contributed by atoms with Crippen molar-refractivity contribution in [1.29, 1.82) is 0 Å². The second kappa shape index (κ2) is 5.66. The summed E-state index contributed by atoms with van der Waals surface area (Å²) in [7, 11) is 0. The summed E-state index contributed by atoms with van der Waals surface area (Å²) in [6.45, 7) is 3.36. The van der Waals surface area contributed by atoms with Gasteiger partial charge in [0.2, 0.25) is 0 Å². The van der Waals surface area contributed by atoms with Crippen molar-refractivity contribution >= 4 is 17.1 Å². The van der Waals surface area contributed by atoms with Crippen molar-refractivity contribution in [2.75, 3.05) is 18.0 Å². The summed E-state index contributed by atoms with van der Waals surface area (Å²) in [6.07, 6.45) is -0.0943. The molecule has 2 aromatic carbocycles. The van der Waals surface area contributed by atoms with Crippen LogP contribution in [-0.4, -0.2) is 24.2 Å². The molecule has 2 atom stereocenters. The number of oxazole rings is 1. The van der Waals surface area contributed by atoms with E-state index in [1.165, 1.54) is 12.1 Å². The SMILES string of the molecule is CC1CN(c2nc3ccccc3o2)CC(c2ccc(F)cc2)O1. The largest absolute Gasteiger partial charge is 0.423 e. The summed E-state index contributed by atoms with van der Waals surface area (Å²) >= 11 is 0. The molecule has 1 saturated heterocycles. The number of hydrogen-bond donors (Lipinski definition) is 0. The minimum Gasteiger partial charge on any atom is -0.423 e. The summed E-state index contributed by atoms with van der Waals surface area (Å²) in [5, 5.41) is 0. The number of nitrogens with zero attached hydrogens (tertiary/aromatic N) is 2. The van der Waals surface area contributed by atoms with E-state index in [-0.39, 0.29) is 18.0 Å². The Hall–Kier alpha value is -2.40. The fourth-order valence-electron chi connectivity index (χ4n) is 2.96. The van der Waals surface area contributed by atoms with Crippen molar-refractivity contribution in [2.45, 2.75) is 19.1 Å². The molecule has 0 radical (unpaired) electrons. The molecule has 4 rings (SSSR count). The van der Waals surface area contributed by atoms with Gasteiger partial charge < -0.3 is 14.1 Å². The molecule has 2 unspecified atom stereocenters. The standard InChI is InChI=1S/C18H17FN2O2/c1-12-10-21(18-20-15-4-2-3-5-16(15)23-18)11-17(22-12)13-6-8-14(19)9-7-13/h2-9,12,17H,10-11H2,1H3. The van der Waals surface area contributed by atoms with Gasteiger partial charge in [0.25, 0.3) is 6.01 Å². The highest BCUT2D eigenvalue weighted by Crippen LogP contribution is 2.30. The molecule has 0 bridgehead atoms. The van der Waals surface area contributed by atoms with Crippen LogP contribution in [0.5, 0.6) is 0 Å². The monoisotopic (exact) mass is 312 g/mol. The molecule has 1 aliphatic rings. The van der Waals surface area contributed by atoms with Gasteiger partial charge in [-0.15, -0.1) is 0 Å². The highest BCUT2D eigenvalue weighted by molar-refractivity contribution is 5.74. The normalized spacial score (nSPS) is 21.7. The number of anilines is 1. The maximum Gasteiger partial charge on any atom is 0.298 e. The van der Waals surface area contributed by atoms with Crippen LogP contribution in [0, 0.1) is 5.82 Å². The van der Waals surface area contributed by atoms with Gasteiger partial charge in [-0.2, -0.15) is 4.98 Å². The molecule has 3 aromatic rings. The number of rotatable bonds is 2. The minimum absolute atomic E-state index is 0.0359. The summed E-state index contributed by atoms with van der Waals surface area (Å²) in [4.78, 5) is 6.64. The van der Waals surface area contributed by atoms with Crippen LogP contribution in [-0.2, 0) is 4.74 Å². The van der Waals surface area contributed by atoms with E-state index in [1.807, 2.05) is 31.2 Å². The summed E-state index contributed by atoms with van der Waals surface area (Å²) in [6, 6.07) is 14.8. The number of morpholine rings is 1. The van der Waals surface area contributed by atoms with Gasteiger partial charge in [0.15, 0.2) is 5.58 Å². The second-order valence-electron chi connectivity index (χ2n) is 5.86. The van der Waals surface area contributed by atoms with Gasteiger partial charge in [0.1, 0.15) is 17.4 Å². The third-order valence-electron chi connectivity index (χ3n) is 4.06. The van der Waals surface area contributed by atoms with E-state index in [0.717, 1.165) is 16.7 Å². The van der Waals surface area contributed by atoms with Crippen LogP contribution in [0.4, 0.5) is 10.4 Å². The highest BCUT2D eigenvalue weighted by atomic mass is 19.1. The number of halogens is 1. The number of hydrogen-bond acceptors (Lipinski definition) is 4. The molecule has 0 saturated carbocycles. The van der Waals surface area contributed by atoms with Crippen molar-refractivity contribution in [3.05, 3.63) is 59.9 Å². The Labute approximate surface area is 133 Å². The van der Waals surface area contributed by atoms with Crippen LogP contribution in [0.25, 0.3) is 11.1 Å². The Morgan fingerprint density at radius 2 is 1.87 bits per heavy atom. The van der Waals surface area contributed by atoms with Gasteiger partial charge in [-0.05, 0) is 36.8 Å². The lowest BCUT2D eigenvalue weighted by molar-refractivity contribution is -0.0187. The average molecular weight is 312 g/mol. The van der Waals surface area contributed by atoms with Crippen molar-refractivity contribution in [3.63, 3.8) is 0 Å². The molecule has 0 spiro atoms.